The number of esters is 1. The standard InChI is InChI=1S/C27H22N4O3/c1-3-34-27(33)22-17-28-31(20-9-5-4-6-10-20)25(22)30-24(19-15-13-18(2)14-16-19)29-23-12-8-7-11-21(23)26(30)32/h4-17H,3H2,1-2H3. The number of para-hydroxylation sites is 2. The van der Waals surface area contributed by atoms with E-state index in [1.807, 2.05) is 67.6 Å². The molecule has 0 aliphatic heterocycles. The molecule has 0 radical (unpaired) electrons. The number of aromatic nitrogens is 4. The Balaban J connectivity index is 1.91. The van der Waals surface area contributed by atoms with Crippen molar-refractivity contribution in [2.75, 3.05) is 6.61 Å². The summed E-state index contributed by atoms with van der Waals surface area (Å²) in [6.07, 6.45) is 1.43. The molecule has 0 aliphatic carbocycles. The SMILES string of the molecule is CCOC(=O)c1cnn(-c2ccccc2)c1-n1c(-c2ccc(C)cc2)nc2ccccc2c1=O. The number of ether oxygens (including phenoxy) is 1. The summed E-state index contributed by atoms with van der Waals surface area (Å²) < 4.78 is 8.33. The summed E-state index contributed by atoms with van der Waals surface area (Å²) >= 11 is 0. The van der Waals surface area contributed by atoms with Crippen molar-refractivity contribution in [2.24, 2.45) is 0 Å². The highest BCUT2D eigenvalue weighted by molar-refractivity contribution is 5.93. The van der Waals surface area contributed by atoms with Gasteiger partial charge in [0.05, 0.1) is 29.4 Å². The lowest BCUT2D eigenvalue weighted by Gasteiger charge is -2.17. The molecule has 5 aromatic rings. The molecule has 0 N–H and O–H groups in total. The zero-order chi connectivity index (χ0) is 23.7. The third kappa shape index (κ3) is 3.67. The Bertz CT molecular complexity index is 1550. The third-order valence-electron chi connectivity index (χ3n) is 5.54. The van der Waals surface area contributed by atoms with Crippen molar-refractivity contribution in [3.05, 3.63) is 107 Å². The van der Waals surface area contributed by atoms with Crippen molar-refractivity contribution < 1.29 is 9.53 Å². The number of nitrogens with zero attached hydrogens (tertiary/aromatic N) is 4. The number of aryl methyl sites for hydroxylation is 1. The highest BCUT2D eigenvalue weighted by atomic mass is 16.5. The quantitative estimate of drug-likeness (QED) is 0.362. The predicted molar refractivity (Wildman–Crippen MR) is 131 cm³/mol. The predicted octanol–water partition coefficient (Wildman–Crippen LogP) is 4.72. The second-order valence-electron chi connectivity index (χ2n) is 7.81. The largest absolute Gasteiger partial charge is 0.462 e. The molecule has 7 heteroatoms. The van der Waals surface area contributed by atoms with Crippen molar-refractivity contribution in [3.8, 4) is 22.9 Å². The van der Waals surface area contributed by atoms with Crippen molar-refractivity contribution >= 4 is 16.9 Å². The van der Waals surface area contributed by atoms with Crippen LogP contribution < -0.4 is 5.56 Å². The van der Waals surface area contributed by atoms with E-state index in [0.717, 1.165) is 11.1 Å². The normalized spacial score (nSPS) is 11.0. The van der Waals surface area contributed by atoms with Crippen LogP contribution in [0, 0.1) is 6.92 Å². The molecule has 0 aliphatic rings. The smallest absolute Gasteiger partial charge is 0.343 e. The van der Waals surface area contributed by atoms with Gasteiger partial charge in [-0.15, -0.1) is 0 Å². The average molecular weight is 450 g/mol. The van der Waals surface area contributed by atoms with Crippen LogP contribution in [0.25, 0.3) is 33.8 Å². The first-order valence-electron chi connectivity index (χ1n) is 11.0. The number of benzene rings is 3. The van der Waals surface area contributed by atoms with E-state index in [9.17, 15) is 9.59 Å². The Kier molecular flexibility index (Phi) is 5.51. The maximum absolute atomic E-state index is 13.9. The molecule has 34 heavy (non-hydrogen) atoms. The molecule has 5 rings (SSSR count). The molecule has 0 atom stereocenters. The Morgan fingerprint density at radius 2 is 1.65 bits per heavy atom. The van der Waals surface area contributed by atoms with E-state index in [2.05, 4.69) is 5.10 Å². The topological polar surface area (TPSA) is 79.0 Å². The number of carbonyl (C=O) groups excluding carboxylic acids is 1. The number of carbonyl (C=O) groups is 1. The zero-order valence-corrected chi connectivity index (χ0v) is 18.8. The zero-order valence-electron chi connectivity index (χ0n) is 18.8. The lowest BCUT2D eigenvalue weighted by Crippen LogP contribution is -2.26. The minimum absolute atomic E-state index is 0.179. The summed E-state index contributed by atoms with van der Waals surface area (Å²) in [5.74, 6) is 0.130. The van der Waals surface area contributed by atoms with Crippen LogP contribution in [0.1, 0.15) is 22.8 Å². The van der Waals surface area contributed by atoms with Crippen LogP contribution >= 0.6 is 0 Å². The summed E-state index contributed by atoms with van der Waals surface area (Å²) in [7, 11) is 0. The fraction of sp³-hybridized carbons (Fsp3) is 0.111. The highest BCUT2D eigenvalue weighted by Crippen LogP contribution is 2.26. The molecule has 7 nitrogen and oxygen atoms in total. The number of hydrogen-bond donors (Lipinski definition) is 0. The van der Waals surface area contributed by atoms with Crippen molar-refractivity contribution in [1.29, 1.82) is 0 Å². The first-order valence-corrected chi connectivity index (χ1v) is 11.0. The molecule has 0 amide bonds. The first-order chi connectivity index (χ1) is 16.6. The summed E-state index contributed by atoms with van der Waals surface area (Å²) in [6, 6.07) is 24.3. The number of rotatable bonds is 5. The lowest BCUT2D eigenvalue weighted by molar-refractivity contribution is 0.0526. The molecule has 0 saturated carbocycles. The van der Waals surface area contributed by atoms with Gasteiger partial charge in [-0.05, 0) is 38.1 Å². The van der Waals surface area contributed by atoms with E-state index in [1.165, 1.54) is 10.8 Å². The molecular formula is C27H22N4O3. The van der Waals surface area contributed by atoms with Crippen LogP contribution in [0.3, 0.4) is 0 Å². The maximum Gasteiger partial charge on any atom is 0.343 e. The Hall–Kier alpha value is -4.52. The van der Waals surface area contributed by atoms with E-state index in [1.54, 1.807) is 29.8 Å². The van der Waals surface area contributed by atoms with Gasteiger partial charge in [0.2, 0.25) is 0 Å². The van der Waals surface area contributed by atoms with E-state index < -0.39 is 5.97 Å². The van der Waals surface area contributed by atoms with E-state index in [-0.39, 0.29) is 23.5 Å². The summed E-state index contributed by atoms with van der Waals surface area (Å²) in [6.45, 7) is 3.93. The van der Waals surface area contributed by atoms with Gasteiger partial charge >= 0.3 is 5.97 Å². The van der Waals surface area contributed by atoms with Crippen molar-refractivity contribution in [2.45, 2.75) is 13.8 Å². The highest BCUT2D eigenvalue weighted by Gasteiger charge is 2.26. The minimum Gasteiger partial charge on any atom is -0.462 e. The van der Waals surface area contributed by atoms with Crippen LogP contribution in [0.4, 0.5) is 0 Å². The number of fused-ring (bicyclic) bond motifs is 1. The molecule has 0 fully saturated rings. The second kappa shape index (κ2) is 8.78. The lowest BCUT2D eigenvalue weighted by atomic mass is 10.1. The van der Waals surface area contributed by atoms with Gasteiger partial charge in [-0.2, -0.15) is 5.10 Å². The molecule has 0 bridgehead atoms. The summed E-state index contributed by atoms with van der Waals surface area (Å²) in [4.78, 5) is 31.7. The molecule has 0 saturated heterocycles. The van der Waals surface area contributed by atoms with Crippen LogP contribution in [-0.2, 0) is 4.74 Å². The van der Waals surface area contributed by atoms with Crippen LogP contribution in [0.2, 0.25) is 0 Å². The molecule has 0 unspecified atom stereocenters. The molecular weight excluding hydrogens is 428 g/mol. The molecule has 168 valence electrons. The molecule has 2 heterocycles. The second-order valence-corrected chi connectivity index (χ2v) is 7.81. The van der Waals surface area contributed by atoms with Crippen LogP contribution in [0.5, 0.6) is 0 Å². The van der Waals surface area contributed by atoms with Crippen LogP contribution in [-0.4, -0.2) is 31.9 Å². The van der Waals surface area contributed by atoms with Crippen molar-refractivity contribution in [1.82, 2.24) is 19.3 Å². The van der Waals surface area contributed by atoms with Gasteiger partial charge in [-0.1, -0.05) is 60.2 Å². The van der Waals surface area contributed by atoms with Crippen LogP contribution in [0.15, 0.2) is 89.9 Å². The van der Waals surface area contributed by atoms with Gasteiger partial charge in [0, 0.05) is 5.56 Å². The molecule has 3 aromatic carbocycles. The van der Waals surface area contributed by atoms with Gasteiger partial charge in [0.15, 0.2) is 5.82 Å². The van der Waals surface area contributed by atoms with E-state index in [4.69, 9.17) is 9.72 Å². The fourth-order valence-electron chi connectivity index (χ4n) is 3.89. The van der Waals surface area contributed by atoms with Gasteiger partial charge in [0.25, 0.3) is 5.56 Å². The Morgan fingerprint density at radius 1 is 0.941 bits per heavy atom. The van der Waals surface area contributed by atoms with E-state index >= 15 is 0 Å². The van der Waals surface area contributed by atoms with E-state index in [0.29, 0.717) is 22.4 Å². The Labute approximate surface area is 195 Å². The third-order valence-corrected chi connectivity index (χ3v) is 5.54. The van der Waals surface area contributed by atoms with Crippen molar-refractivity contribution in [3.63, 3.8) is 0 Å². The maximum atomic E-state index is 13.9. The molecule has 0 spiro atoms. The number of hydrogen-bond acceptors (Lipinski definition) is 5. The van der Waals surface area contributed by atoms with Gasteiger partial charge in [-0.25, -0.2) is 19.0 Å². The minimum atomic E-state index is -0.561. The van der Waals surface area contributed by atoms with Gasteiger partial charge < -0.3 is 4.74 Å². The average Bonchev–Trinajstić information content (AvgIpc) is 3.30. The molecule has 2 aromatic heterocycles. The summed E-state index contributed by atoms with van der Waals surface area (Å²) in [5.41, 5.74) is 2.97. The fourth-order valence-corrected chi connectivity index (χ4v) is 3.89. The monoisotopic (exact) mass is 450 g/mol. The van der Waals surface area contributed by atoms with Gasteiger partial charge in [-0.3, -0.25) is 4.79 Å². The Morgan fingerprint density at radius 3 is 2.38 bits per heavy atom. The van der Waals surface area contributed by atoms with Gasteiger partial charge in [0.1, 0.15) is 11.4 Å². The summed E-state index contributed by atoms with van der Waals surface area (Å²) in [5, 5.41) is 4.90. The first kappa shape index (κ1) is 21.3.